The monoisotopic (exact) mass is 264 g/mol. The summed E-state index contributed by atoms with van der Waals surface area (Å²) in [5.41, 5.74) is -0.388. The zero-order valence-corrected chi connectivity index (χ0v) is 11.4. The van der Waals surface area contributed by atoms with E-state index in [9.17, 15) is 9.59 Å². The van der Waals surface area contributed by atoms with Crippen molar-refractivity contribution in [2.75, 3.05) is 0 Å². The lowest BCUT2D eigenvalue weighted by Crippen LogP contribution is -2.30. The molecule has 0 bridgehead atoms. The number of hydrogen-bond acceptors (Lipinski definition) is 5. The van der Waals surface area contributed by atoms with Gasteiger partial charge in [-0.15, -0.1) is 0 Å². The zero-order chi connectivity index (χ0) is 14.2. The van der Waals surface area contributed by atoms with Gasteiger partial charge in [-0.05, 0) is 20.8 Å². The maximum Gasteiger partial charge on any atom is 0.326 e. The molecule has 0 saturated heterocycles. The van der Waals surface area contributed by atoms with Gasteiger partial charge in [0.05, 0.1) is 6.20 Å². The van der Waals surface area contributed by atoms with Crippen LogP contribution in [0.25, 0.3) is 11.0 Å². The Morgan fingerprint density at radius 3 is 2.74 bits per heavy atom. The maximum atomic E-state index is 12.1. The number of hydrogen-bond donors (Lipinski definition) is 0. The summed E-state index contributed by atoms with van der Waals surface area (Å²) < 4.78 is 7.90. The molecule has 2 heterocycles. The Kier molecular flexibility index (Phi) is 3.13. The van der Waals surface area contributed by atoms with Crippen LogP contribution < -0.4 is 5.56 Å². The Hall–Kier alpha value is -2.18. The molecule has 0 amide bonds. The van der Waals surface area contributed by atoms with Crippen molar-refractivity contribution in [1.82, 2.24) is 19.3 Å². The van der Waals surface area contributed by atoms with E-state index in [0.29, 0.717) is 11.0 Å². The highest BCUT2D eigenvalue weighted by Gasteiger charge is 2.17. The van der Waals surface area contributed by atoms with Crippen molar-refractivity contribution in [2.45, 2.75) is 32.9 Å². The minimum absolute atomic E-state index is 0.159. The topological polar surface area (TPSA) is 79.0 Å². The van der Waals surface area contributed by atoms with Gasteiger partial charge in [-0.3, -0.25) is 18.8 Å². The number of carbonyl (C=O) groups is 1. The first-order chi connectivity index (χ1) is 8.78. The number of aryl methyl sites for hydroxylation is 1. The lowest BCUT2D eigenvalue weighted by molar-refractivity contribution is -0.155. The van der Waals surface area contributed by atoms with Crippen LogP contribution in [0.3, 0.4) is 0 Å². The molecule has 0 aliphatic carbocycles. The molecule has 2 aromatic heterocycles. The summed E-state index contributed by atoms with van der Waals surface area (Å²) in [5.74, 6) is -0.473. The van der Waals surface area contributed by atoms with Crippen molar-refractivity contribution in [2.24, 2.45) is 7.05 Å². The van der Waals surface area contributed by atoms with Crippen LogP contribution in [-0.2, 0) is 23.1 Å². The molecule has 0 radical (unpaired) electrons. The summed E-state index contributed by atoms with van der Waals surface area (Å²) in [7, 11) is 1.70. The first-order valence-corrected chi connectivity index (χ1v) is 5.87. The third-order valence-electron chi connectivity index (χ3n) is 2.44. The number of nitrogens with zero attached hydrogens (tertiary/aromatic N) is 4. The van der Waals surface area contributed by atoms with E-state index in [4.69, 9.17) is 4.74 Å². The van der Waals surface area contributed by atoms with Crippen molar-refractivity contribution < 1.29 is 9.53 Å². The van der Waals surface area contributed by atoms with E-state index in [0.717, 1.165) is 0 Å². The molecule has 7 heteroatoms. The summed E-state index contributed by atoms with van der Waals surface area (Å²) in [6, 6.07) is 0. The number of esters is 1. The molecule has 0 fully saturated rings. The molecule has 0 aliphatic rings. The van der Waals surface area contributed by atoms with Gasteiger partial charge in [-0.25, -0.2) is 4.98 Å². The molecule has 2 rings (SSSR count). The van der Waals surface area contributed by atoms with Crippen molar-refractivity contribution in [3.8, 4) is 0 Å². The van der Waals surface area contributed by atoms with E-state index in [-0.39, 0.29) is 12.1 Å². The lowest BCUT2D eigenvalue weighted by atomic mass is 10.2. The SMILES string of the molecule is Cn1ncc2c(=O)n(CC(=O)OC(C)(C)C)cnc21. The Balaban J connectivity index is 2.29. The molecule has 2 aromatic rings. The molecular formula is C12H16N4O3. The van der Waals surface area contributed by atoms with Crippen molar-refractivity contribution in [3.05, 3.63) is 22.9 Å². The van der Waals surface area contributed by atoms with Crippen LogP contribution in [-0.4, -0.2) is 30.9 Å². The smallest absolute Gasteiger partial charge is 0.326 e. The van der Waals surface area contributed by atoms with Crippen molar-refractivity contribution >= 4 is 17.0 Å². The molecule has 0 unspecified atom stereocenters. The highest BCUT2D eigenvalue weighted by molar-refractivity contribution is 5.74. The number of aromatic nitrogens is 4. The van der Waals surface area contributed by atoms with E-state index in [1.54, 1.807) is 27.8 Å². The molecule has 0 atom stereocenters. The summed E-state index contributed by atoms with van der Waals surface area (Å²) >= 11 is 0. The van der Waals surface area contributed by atoms with Gasteiger partial charge in [0.2, 0.25) is 0 Å². The summed E-state index contributed by atoms with van der Waals surface area (Å²) in [6.07, 6.45) is 2.77. The normalized spacial score (nSPS) is 11.8. The Morgan fingerprint density at radius 1 is 1.42 bits per heavy atom. The van der Waals surface area contributed by atoms with E-state index in [1.165, 1.54) is 21.8 Å². The van der Waals surface area contributed by atoms with Crippen LogP contribution in [0.15, 0.2) is 17.3 Å². The fraction of sp³-hybridized carbons (Fsp3) is 0.500. The highest BCUT2D eigenvalue weighted by Crippen LogP contribution is 2.08. The molecule has 0 N–H and O–H groups in total. The minimum Gasteiger partial charge on any atom is -0.459 e. The second-order valence-corrected chi connectivity index (χ2v) is 5.27. The fourth-order valence-electron chi connectivity index (χ4n) is 1.69. The maximum absolute atomic E-state index is 12.1. The number of ether oxygens (including phenoxy) is 1. The second-order valence-electron chi connectivity index (χ2n) is 5.27. The zero-order valence-electron chi connectivity index (χ0n) is 11.4. The third kappa shape index (κ3) is 2.81. The van der Waals surface area contributed by atoms with Crippen LogP contribution in [0.4, 0.5) is 0 Å². The molecule has 7 nitrogen and oxygen atoms in total. The standard InChI is InChI=1S/C12H16N4O3/c1-12(2,3)19-9(17)6-16-7-13-10-8(11(16)18)5-14-15(10)4/h5,7H,6H2,1-4H3. The van der Waals surface area contributed by atoms with Crippen LogP contribution in [0.1, 0.15) is 20.8 Å². The molecule has 0 spiro atoms. The van der Waals surface area contributed by atoms with E-state index in [2.05, 4.69) is 10.1 Å². The largest absolute Gasteiger partial charge is 0.459 e. The van der Waals surface area contributed by atoms with E-state index >= 15 is 0 Å². The van der Waals surface area contributed by atoms with Crippen LogP contribution in [0.5, 0.6) is 0 Å². The van der Waals surface area contributed by atoms with Gasteiger partial charge in [-0.2, -0.15) is 5.10 Å². The molecular weight excluding hydrogens is 248 g/mol. The lowest BCUT2D eigenvalue weighted by Gasteiger charge is -2.19. The fourth-order valence-corrected chi connectivity index (χ4v) is 1.69. The van der Waals surface area contributed by atoms with Gasteiger partial charge in [0.25, 0.3) is 5.56 Å². The number of fused-ring (bicyclic) bond motifs is 1. The number of carbonyl (C=O) groups excluding carboxylic acids is 1. The second kappa shape index (κ2) is 4.49. The van der Waals surface area contributed by atoms with Crippen molar-refractivity contribution in [1.29, 1.82) is 0 Å². The first kappa shape index (κ1) is 13.3. The summed E-state index contributed by atoms with van der Waals surface area (Å²) in [4.78, 5) is 27.9. The summed E-state index contributed by atoms with van der Waals surface area (Å²) in [6.45, 7) is 5.16. The van der Waals surface area contributed by atoms with Gasteiger partial charge < -0.3 is 4.74 Å². The highest BCUT2D eigenvalue weighted by atomic mass is 16.6. The van der Waals surface area contributed by atoms with Gasteiger partial charge in [-0.1, -0.05) is 0 Å². The number of rotatable bonds is 2. The molecule has 0 saturated carbocycles. The first-order valence-electron chi connectivity index (χ1n) is 5.87. The average molecular weight is 264 g/mol. The predicted octanol–water partition coefficient (Wildman–Crippen LogP) is 0.472. The molecule has 0 aliphatic heterocycles. The van der Waals surface area contributed by atoms with Gasteiger partial charge in [0, 0.05) is 7.05 Å². The van der Waals surface area contributed by atoms with Gasteiger partial charge in [0.15, 0.2) is 5.65 Å². The Bertz CT molecular complexity index is 678. The third-order valence-corrected chi connectivity index (χ3v) is 2.44. The molecule has 0 aromatic carbocycles. The van der Waals surface area contributed by atoms with Crippen LogP contribution in [0, 0.1) is 0 Å². The van der Waals surface area contributed by atoms with Gasteiger partial charge >= 0.3 is 5.97 Å². The quantitative estimate of drug-likeness (QED) is 0.737. The summed E-state index contributed by atoms with van der Waals surface area (Å²) in [5, 5.41) is 4.34. The predicted molar refractivity (Wildman–Crippen MR) is 68.6 cm³/mol. The van der Waals surface area contributed by atoms with Gasteiger partial charge in [0.1, 0.15) is 23.9 Å². The van der Waals surface area contributed by atoms with Crippen LogP contribution in [0.2, 0.25) is 0 Å². The minimum atomic E-state index is -0.577. The molecule has 19 heavy (non-hydrogen) atoms. The van der Waals surface area contributed by atoms with Crippen molar-refractivity contribution in [3.63, 3.8) is 0 Å². The Labute approximate surface area is 109 Å². The average Bonchev–Trinajstić information content (AvgIpc) is 2.63. The van der Waals surface area contributed by atoms with Crippen LogP contribution >= 0.6 is 0 Å². The van der Waals surface area contributed by atoms with E-state index < -0.39 is 11.6 Å². The Morgan fingerprint density at radius 2 is 2.11 bits per heavy atom. The van der Waals surface area contributed by atoms with E-state index in [1.807, 2.05) is 0 Å². The molecule has 102 valence electrons.